The maximum absolute atomic E-state index is 12.6. The van der Waals surface area contributed by atoms with E-state index in [1.165, 1.54) is 0 Å². The van der Waals surface area contributed by atoms with E-state index < -0.39 is 22.3 Å². The van der Waals surface area contributed by atoms with E-state index in [9.17, 15) is 14.4 Å². The van der Waals surface area contributed by atoms with Gasteiger partial charge < -0.3 is 5.32 Å². The number of hydrogen-bond donors (Lipinski definition) is 1. The quantitative estimate of drug-likeness (QED) is 0.845. The van der Waals surface area contributed by atoms with Crippen molar-refractivity contribution in [1.29, 1.82) is 0 Å². The third kappa shape index (κ3) is 6.71. The zero-order valence-electron chi connectivity index (χ0n) is 15.7. The first kappa shape index (κ1) is 20.8. The molecule has 4 nitrogen and oxygen atoms in total. The molecule has 1 unspecified atom stereocenters. The first-order valence-corrected chi connectivity index (χ1v) is 7.95. The Morgan fingerprint density at radius 1 is 0.773 bits per heavy atom. The molecule has 0 saturated heterocycles. The standard InChI is InChI=1S/C18H33NO3/c1-16(2,3)13(20)11-10-12(14(21)17(4,5)6)19-15(22)18(7,8)9/h12H,10-11H2,1-9H3,(H,19,22). The van der Waals surface area contributed by atoms with Gasteiger partial charge in [0, 0.05) is 22.7 Å². The Labute approximate surface area is 135 Å². The average Bonchev–Trinajstić information content (AvgIpc) is 2.28. The van der Waals surface area contributed by atoms with Gasteiger partial charge in [-0.25, -0.2) is 0 Å². The zero-order chi connectivity index (χ0) is 17.9. The molecular weight excluding hydrogens is 278 g/mol. The molecule has 0 heterocycles. The van der Waals surface area contributed by atoms with Gasteiger partial charge in [-0.3, -0.25) is 14.4 Å². The Bertz CT molecular complexity index is 431. The monoisotopic (exact) mass is 311 g/mol. The third-order valence-corrected chi connectivity index (χ3v) is 3.54. The van der Waals surface area contributed by atoms with E-state index in [1.54, 1.807) is 20.8 Å². The summed E-state index contributed by atoms with van der Waals surface area (Å²) in [6, 6.07) is -0.613. The summed E-state index contributed by atoms with van der Waals surface area (Å²) in [6.45, 7) is 16.5. The second-order valence-corrected chi connectivity index (χ2v) is 9.10. The molecule has 0 aromatic rings. The summed E-state index contributed by atoms with van der Waals surface area (Å²) in [4.78, 5) is 36.9. The zero-order valence-corrected chi connectivity index (χ0v) is 15.7. The van der Waals surface area contributed by atoms with Crippen LogP contribution < -0.4 is 5.32 Å². The second-order valence-electron chi connectivity index (χ2n) is 9.10. The van der Waals surface area contributed by atoms with Crippen LogP contribution in [-0.2, 0) is 14.4 Å². The minimum Gasteiger partial charge on any atom is -0.346 e. The van der Waals surface area contributed by atoms with Crippen LogP contribution >= 0.6 is 0 Å². The summed E-state index contributed by atoms with van der Waals surface area (Å²) >= 11 is 0. The van der Waals surface area contributed by atoms with Gasteiger partial charge in [0.25, 0.3) is 0 Å². The maximum Gasteiger partial charge on any atom is 0.225 e. The largest absolute Gasteiger partial charge is 0.346 e. The van der Waals surface area contributed by atoms with Crippen molar-refractivity contribution in [3.63, 3.8) is 0 Å². The van der Waals surface area contributed by atoms with Crippen molar-refractivity contribution in [3.05, 3.63) is 0 Å². The normalized spacial score (nSPS) is 14.4. The van der Waals surface area contributed by atoms with Gasteiger partial charge in [0.15, 0.2) is 5.78 Å². The van der Waals surface area contributed by atoms with Gasteiger partial charge in [-0.15, -0.1) is 0 Å². The van der Waals surface area contributed by atoms with Crippen LogP contribution in [0.25, 0.3) is 0 Å². The van der Waals surface area contributed by atoms with Crippen LogP contribution in [0.5, 0.6) is 0 Å². The number of Topliss-reactive ketones (excluding diaryl/α,β-unsaturated/α-hetero) is 2. The first-order chi connectivity index (χ1) is 9.56. The number of rotatable bonds is 5. The molecule has 1 amide bonds. The predicted octanol–water partition coefficient (Wildman–Crippen LogP) is 3.53. The summed E-state index contributed by atoms with van der Waals surface area (Å²) in [5.74, 6) is -0.102. The van der Waals surface area contributed by atoms with Crippen molar-refractivity contribution in [2.24, 2.45) is 16.2 Å². The fourth-order valence-corrected chi connectivity index (χ4v) is 1.82. The molecule has 0 radical (unpaired) electrons. The number of nitrogens with one attached hydrogen (secondary N) is 1. The first-order valence-electron chi connectivity index (χ1n) is 7.95. The van der Waals surface area contributed by atoms with Gasteiger partial charge in [0.2, 0.25) is 5.91 Å². The van der Waals surface area contributed by atoms with E-state index in [-0.39, 0.29) is 17.5 Å². The molecule has 0 bridgehead atoms. The van der Waals surface area contributed by atoms with Crippen molar-refractivity contribution in [1.82, 2.24) is 5.32 Å². The molecule has 0 spiro atoms. The smallest absolute Gasteiger partial charge is 0.225 e. The lowest BCUT2D eigenvalue weighted by atomic mass is 9.82. The minimum atomic E-state index is -0.613. The van der Waals surface area contributed by atoms with Crippen molar-refractivity contribution >= 4 is 17.5 Å². The number of carbonyl (C=O) groups excluding carboxylic acids is 3. The fourth-order valence-electron chi connectivity index (χ4n) is 1.82. The van der Waals surface area contributed by atoms with Gasteiger partial charge in [-0.1, -0.05) is 62.3 Å². The molecule has 1 atom stereocenters. The number of amides is 1. The SMILES string of the molecule is CC(C)(C)C(=O)CCC(NC(=O)C(C)(C)C)C(=O)C(C)(C)C. The third-order valence-electron chi connectivity index (χ3n) is 3.54. The summed E-state index contributed by atoms with van der Waals surface area (Å²) in [6.07, 6.45) is 0.647. The molecule has 0 aliphatic rings. The minimum absolute atomic E-state index is 0.0354. The lowest BCUT2D eigenvalue weighted by molar-refractivity contribution is -0.136. The Hall–Kier alpha value is -1.19. The second kappa shape index (κ2) is 6.93. The van der Waals surface area contributed by atoms with Crippen molar-refractivity contribution < 1.29 is 14.4 Å². The Kier molecular flexibility index (Phi) is 6.55. The van der Waals surface area contributed by atoms with Gasteiger partial charge in [-0.2, -0.15) is 0 Å². The molecule has 22 heavy (non-hydrogen) atoms. The average molecular weight is 311 g/mol. The van der Waals surface area contributed by atoms with Gasteiger partial charge in [0.05, 0.1) is 6.04 Å². The Morgan fingerprint density at radius 3 is 1.55 bits per heavy atom. The molecular formula is C18H33NO3. The molecule has 0 fully saturated rings. The van der Waals surface area contributed by atoms with E-state index >= 15 is 0 Å². The van der Waals surface area contributed by atoms with E-state index in [4.69, 9.17) is 0 Å². The van der Waals surface area contributed by atoms with Crippen LogP contribution in [-0.4, -0.2) is 23.5 Å². The molecule has 0 aliphatic carbocycles. The van der Waals surface area contributed by atoms with Crippen LogP contribution in [0.3, 0.4) is 0 Å². The van der Waals surface area contributed by atoms with Crippen molar-refractivity contribution in [2.75, 3.05) is 0 Å². The van der Waals surface area contributed by atoms with Gasteiger partial charge in [0.1, 0.15) is 5.78 Å². The molecule has 0 aromatic heterocycles. The van der Waals surface area contributed by atoms with E-state index in [0.29, 0.717) is 12.8 Å². The van der Waals surface area contributed by atoms with Crippen LogP contribution in [0.1, 0.15) is 75.2 Å². The molecule has 4 heteroatoms. The van der Waals surface area contributed by atoms with Crippen LogP contribution in [0.4, 0.5) is 0 Å². The number of hydrogen-bond acceptors (Lipinski definition) is 3. The summed E-state index contributed by atoms with van der Waals surface area (Å²) in [5, 5.41) is 2.83. The number of ketones is 2. The van der Waals surface area contributed by atoms with E-state index in [1.807, 2.05) is 41.5 Å². The molecule has 0 rings (SSSR count). The van der Waals surface area contributed by atoms with Crippen LogP contribution in [0.15, 0.2) is 0 Å². The van der Waals surface area contributed by atoms with Gasteiger partial charge >= 0.3 is 0 Å². The number of carbonyl (C=O) groups is 3. The maximum atomic E-state index is 12.6. The van der Waals surface area contributed by atoms with Crippen LogP contribution in [0, 0.1) is 16.2 Å². The highest BCUT2D eigenvalue weighted by Crippen LogP contribution is 2.23. The molecule has 0 aliphatic heterocycles. The molecule has 128 valence electrons. The topological polar surface area (TPSA) is 63.2 Å². The predicted molar refractivity (Wildman–Crippen MR) is 89.5 cm³/mol. The lowest BCUT2D eigenvalue weighted by Crippen LogP contribution is -2.49. The van der Waals surface area contributed by atoms with Crippen LogP contribution in [0.2, 0.25) is 0 Å². The molecule has 1 N–H and O–H groups in total. The summed E-state index contributed by atoms with van der Waals surface area (Å²) in [7, 11) is 0. The van der Waals surface area contributed by atoms with E-state index in [0.717, 1.165) is 0 Å². The van der Waals surface area contributed by atoms with Crippen molar-refractivity contribution in [2.45, 2.75) is 81.2 Å². The molecule has 0 aromatic carbocycles. The highest BCUT2D eigenvalue weighted by atomic mass is 16.2. The summed E-state index contributed by atoms with van der Waals surface area (Å²) in [5.41, 5.74) is -1.55. The summed E-state index contributed by atoms with van der Waals surface area (Å²) < 4.78 is 0. The van der Waals surface area contributed by atoms with Crippen molar-refractivity contribution in [3.8, 4) is 0 Å². The van der Waals surface area contributed by atoms with E-state index in [2.05, 4.69) is 5.32 Å². The lowest BCUT2D eigenvalue weighted by Gasteiger charge is -2.29. The Balaban J connectivity index is 5.09. The highest BCUT2D eigenvalue weighted by molar-refractivity contribution is 5.94. The fraction of sp³-hybridized carbons (Fsp3) is 0.833. The highest BCUT2D eigenvalue weighted by Gasteiger charge is 2.34. The molecule has 0 saturated carbocycles. The Morgan fingerprint density at radius 2 is 1.23 bits per heavy atom. The van der Waals surface area contributed by atoms with Gasteiger partial charge in [-0.05, 0) is 6.42 Å².